The maximum Gasteiger partial charge on any atom is 0.234 e. The number of hydrogen-bond donors (Lipinski definition) is 3. The number of aliphatic hydroxyl groups excluding tert-OH is 2. The number of ether oxygens (including phenoxy) is 1. The molecule has 0 unspecified atom stereocenters. The minimum Gasteiger partial charge on any atom is -0.389 e. The molecule has 1 heterocycles. The molecule has 1 aromatic rings. The fraction of sp³-hybridized carbons (Fsp3) is 0.632. The van der Waals surface area contributed by atoms with Crippen LogP contribution in [0.25, 0.3) is 0 Å². The van der Waals surface area contributed by atoms with E-state index in [1.54, 1.807) is 0 Å². The van der Waals surface area contributed by atoms with Crippen molar-refractivity contribution in [3.63, 3.8) is 0 Å². The van der Waals surface area contributed by atoms with Gasteiger partial charge in [-0.05, 0) is 17.9 Å². The minimum absolute atomic E-state index is 0.0798. The number of hydrogen-bond acceptors (Lipinski definition) is 5. The summed E-state index contributed by atoms with van der Waals surface area (Å²) < 4.78 is 5.36. The van der Waals surface area contributed by atoms with Crippen LogP contribution in [0.2, 0.25) is 0 Å². The van der Waals surface area contributed by atoms with Gasteiger partial charge in [0.2, 0.25) is 5.91 Å². The lowest BCUT2D eigenvalue weighted by Crippen LogP contribution is -2.58. The Morgan fingerprint density at radius 2 is 2.00 bits per heavy atom. The molecule has 0 spiro atoms. The molecule has 3 atom stereocenters. The smallest absolute Gasteiger partial charge is 0.234 e. The van der Waals surface area contributed by atoms with Gasteiger partial charge in [0, 0.05) is 13.1 Å². The van der Waals surface area contributed by atoms with E-state index in [1.807, 2.05) is 35.2 Å². The molecule has 2 rings (SSSR count). The van der Waals surface area contributed by atoms with E-state index in [1.165, 1.54) is 5.56 Å². The highest BCUT2D eigenvalue weighted by Crippen LogP contribution is 2.16. The predicted octanol–water partition coefficient (Wildman–Crippen LogP) is 0.424. The van der Waals surface area contributed by atoms with Gasteiger partial charge >= 0.3 is 0 Å². The summed E-state index contributed by atoms with van der Waals surface area (Å²) in [4.78, 5) is 14.2. The average molecular weight is 350 g/mol. The Kier molecular flexibility index (Phi) is 7.84. The molecule has 0 saturated carbocycles. The molecule has 25 heavy (non-hydrogen) atoms. The van der Waals surface area contributed by atoms with Gasteiger partial charge in [-0.25, -0.2) is 0 Å². The monoisotopic (exact) mass is 350 g/mol. The van der Waals surface area contributed by atoms with Crippen molar-refractivity contribution in [2.45, 2.75) is 38.5 Å². The number of carbonyl (C=O) groups excluding carboxylic acids is 1. The van der Waals surface area contributed by atoms with Crippen molar-refractivity contribution in [3.05, 3.63) is 35.9 Å². The van der Waals surface area contributed by atoms with E-state index in [0.717, 1.165) is 6.42 Å². The summed E-state index contributed by atoms with van der Waals surface area (Å²) in [6, 6.07) is 9.64. The summed E-state index contributed by atoms with van der Waals surface area (Å²) in [5.41, 5.74) is 1.18. The first kappa shape index (κ1) is 19.8. The number of nitrogens with zero attached hydrogens (tertiary/aromatic N) is 1. The highest BCUT2D eigenvalue weighted by atomic mass is 16.5. The molecule has 1 fully saturated rings. The highest BCUT2D eigenvalue weighted by Gasteiger charge is 2.36. The number of aliphatic hydroxyl groups is 2. The van der Waals surface area contributed by atoms with Crippen molar-refractivity contribution in [3.8, 4) is 0 Å². The zero-order chi connectivity index (χ0) is 18.2. The van der Waals surface area contributed by atoms with Crippen LogP contribution in [0.4, 0.5) is 0 Å². The normalized spacial score (nSPS) is 23.8. The Labute approximate surface area is 149 Å². The Morgan fingerprint density at radius 3 is 2.68 bits per heavy atom. The zero-order valence-corrected chi connectivity index (χ0v) is 15.1. The SMILES string of the molecule is CC(C)CN(CC(=O)NCCc1ccccc1)[C@@H]1COC[C@@H](O)[C@H]1O. The standard InChI is InChI=1S/C19H30N2O4/c1-14(2)10-21(16-12-25-13-17(22)19(16)24)11-18(23)20-9-8-15-6-4-3-5-7-15/h3-7,14,16-17,19,22,24H,8-13H2,1-2H3,(H,20,23)/t16-,17-,19+/m1/s1. The van der Waals surface area contributed by atoms with Crippen molar-refractivity contribution in [1.29, 1.82) is 0 Å². The van der Waals surface area contributed by atoms with E-state index >= 15 is 0 Å². The van der Waals surface area contributed by atoms with Crippen molar-refractivity contribution in [2.24, 2.45) is 5.92 Å². The van der Waals surface area contributed by atoms with Crippen molar-refractivity contribution >= 4 is 5.91 Å². The number of nitrogens with one attached hydrogen (secondary N) is 1. The molecule has 3 N–H and O–H groups in total. The van der Waals surface area contributed by atoms with Crippen LogP contribution in [0.1, 0.15) is 19.4 Å². The molecule has 1 amide bonds. The van der Waals surface area contributed by atoms with Crippen LogP contribution in [0.3, 0.4) is 0 Å². The Hall–Kier alpha value is -1.47. The molecule has 1 aliphatic heterocycles. The summed E-state index contributed by atoms with van der Waals surface area (Å²) in [6.45, 7) is 6.00. The van der Waals surface area contributed by atoms with Gasteiger partial charge in [0.25, 0.3) is 0 Å². The molecule has 0 bridgehead atoms. The van der Waals surface area contributed by atoms with Gasteiger partial charge in [-0.15, -0.1) is 0 Å². The van der Waals surface area contributed by atoms with Gasteiger partial charge in [0.1, 0.15) is 6.10 Å². The summed E-state index contributed by atoms with van der Waals surface area (Å²) in [7, 11) is 0. The maximum absolute atomic E-state index is 12.3. The molecule has 1 saturated heterocycles. The van der Waals surface area contributed by atoms with E-state index in [-0.39, 0.29) is 25.1 Å². The first-order valence-corrected chi connectivity index (χ1v) is 8.96. The van der Waals surface area contributed by atoms with Crippen molar-refractivity contribution < 1.29 is 19.7 Å². The summed E-state index contributed by atoms with van der Waals surface area (Å²) >= 11 is 0. The van der Waals surface area contributed by atoms with E-state index in [4.69, 9.17) is 4.74 Å². The Bertz CT molecular complexity index is 523. The minimum atomic E-state index is -0.908. The second kappa shape index (κ2) is 9.87. The van der Waals surface area contributed by atoms with E-state index in [9.17, 15) is 15.0 Å². The lowest BCUT2D eigenvalue weighted by atomic mass is 10.0. The molecule has 0 radical (unpaired) electrons. The molecular formula is C19H30N2O4. The summed E-state index contributed by atoms with van der Waals surface area (Å²) in [5.74, 6) is 0.257. The van der Waals surface area contributed by atoms with Crippen molar-refractivity contribution in [1.82, 2.24) is 10.2 Å². The van der Waals surface area contributed by atoms with Crippen LogP contribution in [0.15, 0.2) is 30.3 Å². The second-order valence-electron chi connectivity index (χ2n) is 7.07. The van der Waals surface area contributed by atoms with Gasteiger partial charge in [0.15, 0.2) is 0 Å². The van der Waals surface area contributed by atoms with Gasteiger partial charge in [0.05, 0.1) is 31.9 Å². The van der Waals surface area contributed by atoms with Crippen LogP contribution >= 0.6 is 0 Å². The molecule has 1 aromatic carbocycles. The quantitative estimate of drug-likeness (QED) is 0.633. The third kappa shape index (κ3) is 6.40. The molecule has 6 nitrogen and oxygen atoms in total. The van der Waals surface area contributed by atoms with Crippen LogP contribution < -0.4 is 5.32 Å². The molecule has 0 aromatic heterocycles. The van der Waals surface area contributed by atoms with Crippen LogP contribution in [-0.4, -0.2) is 72.1 Å². The number of benzene rings is 1. The first-order valence-electron chi connectivity index (χ1n) is 8.96. The molecule has 6 heteroatoms. The van der Waals surface area contributed by atoms with E-state index < -0.39 is 12.2 Å². The maximum atomic E-state index is 12.3. The zero-order valence-electron chi connectivity index (χ0n) is 15.1. The summed E-state index contributed by atoms with van der Waals surface area (Å²) in [5, 5.41) is 23.0. The lowest BCUT2D eigenvalue weighted by molar-refractivity contribution is -0.141. The van der Waals surface area contributed by atoms with Crippen LogP contribution in [0.5, 0.6) is 0 Å². The Morgan fingerprint density at radius 1 is 1.28 bits per heavy atom. The van der Waals surface area contributed by atoms with Crippen molar-refractivity contribution in [2.75, 3.05) is 32.8 Å². The van der Waals surface area contributed by atoms with E-state index in [0.29, 0.717) is 25.6 Å². The fourth-order valence-electron chi connectivity index (χ4n) is 3.10. The second-order valence-corrected chi connectivity index (χ2v) is 7.07. The third-order valence-corrected chi connectivity index (χ3v) is 4.36. The third-order valence-electron chi connectivity index (χ3n) is 4.36. The van der Waals surface area contributed by atoms with E-state index in [2.05, 4.69) is 19.2 Å². The number of carbonyl (C=O) groups is 1. The summed E-state index contributed by atoms with van der Waals surface area (Å²) in [6.07, 6.45) is -1.02. The predicted molar refractivity (Wildman–Crippen MR) is 96.2 cm³/mol. The average Bonchev–Trinajstić information content (AvgIpc) is 2.57. The molecular weight excluding hydrogens is 320 g/mol. The molecule has 0 aliphatic carbocycles. The van der Waals surface area contributed by atoms with Crippen LogP contribution in [0, 0.1) is 5.92 Å². The highest BCUT2D eigenvalue weighted by molar-refractivity contribution is 5.78. The lowest BCUT2D eigenvalue weighted by Gasteiger charge is -2.39. The Balaban J connectivity index is 1.86. The van der Waals surface area contributed by atoms with Gasteiger partial charge in [-0.1, -0.05) is 44.2 Å². The van der Waals surface area contributed by atoms with Gasteiger partial charge < -0.3 is 20.3 Å². The molecule has 1 aliphatic rings. The topological polar surface area (TPSA) is 82.0 Å². The largest absolute Gasteiger partial charge is 0.389 e. The molecule has 140 valence electrons. The first-order chi connectivity index (χ1) is 12.0. The fourth-order valence-corrected chi connectivity index (χ4v) is 3.10. The van der Waals surface area contributed by atoms with Gasteiger partial charge in [-0.2, -0.15) is 0 Å². The van der Waals surface area contributed by atoms with Gasteiger partial charge in [-0.3, -0.25) is 9.69 Å². The van der Waals surface area contributed by atoms with Crippen LogP contribution in [-0.2, 0) is 16.0 Å². The number of amides is 1. The number of rotatable bonds is 8.